The first-order valence-electron chi connectivity index (χ1n) is 3.45. The van der Waals surface area contributed by atoms with Crippen LogP contribution in [0, 0.1) is 5.92 Å². The van der Waals surface area contributed by atoms with E-state index in [1.165, 1.54) is 0 Å². The van der Waals surface area contributed by atoms with Crippen LogP contribution in [-0.2, 0) is 0 Å². The van der Waals surface area contributed by atoms with Gasteiger partial charge in [-0.3, -0.25) is 0 Å². The summed E-state index contributed by atoms with van der Waals surface area (Å²) >= 11 is 0. The van der Waals surface area contributed by atoms with Crippen LogP contribution in [0.25, 0.3) is 0 Å². The number of halogens is 2. The molecule has 4 N–H and O–H groups in total. The van der Waals surface area contributed by atoms with Gasteiger partial charge in [-0.15, -0.1) is 24.8 Å². The van der Waals surface area contributed by atoms with Gasteiger partial charge in [0, 0.05) is 6.04 Å². The minimum absolute atomic E-state index is 0. The SMILES string of the molecule is Cl.Cl.NC[C@@H]1CC=CC[C@@H]1N. The Bertz CT molecular complexity index is 117. The summed E-state index contributed by atoms with van der Waals surface area (Å²) in [6.07, 6.45) is 6.37. The Labute approximate surface area is 80.2 Å². The molecule has 2 atom stereocenters. The standard InChI is InChI=1S/C7H14N2.2ClH/c8-5-6-3-1-2-4-7(6)9;;/h1-2,6-7H,3-5,8-9H2;2*1H/t6-,7-;;/m0../s1. The van der Waals surface area contributed by atoms with Crippen LogP contribution in [-0.4, -0.2) is 12.6 Å². The molecular weight excluding hydrogens is 183 g/mol. The van der Waals surface area contributed by atoms with Crippen LogP contribution in [0.1, 0.15) is 12.8 Å². The Hall–Kier alpha value is 0.240. The number of hydrogen-bond acceptors (Lipinski definition) is 2. The fraction of sp³-hybridized carbons (Fsp3) is 0.714. The lowest BCUT2D eigenvalue weighted by Crippen LogP contribution is -2.35. The third-order valence-corrected chi connectivity index (χ3v) is 1.92. The molecule has 0 aromatic rings. The fourth-order valence-electron chi connectivity index (χ4n) is 1.16. The lowest BCUT2D eigenvalue weighted by molar-refractivity contribution is 0.420. The van der Waals surface area contributed by atoms with Gasteiger partial charge in [0.05, 0.1) is 0 Å². The predicted octanol–water partition coefficient (Wildman–Crippen LogP) is 1.08. The van der Waals surface area contributed by atoms with Gasteiger partial charge in [0.1, 0.15) is 0 Å². The van der Waals surface area contributed by atoms with Crippen LogP contribution >= 0.6 is 24.8 Å². The highest BCUT2D eigenvalue weighted by atomic mass is 35.5. The summed E-state index contributed by atoms with van der Waals surface area (Å²) in [6.45, 7) is 0.728. The maximum atomic E-state index is 5.76. The second-order valence-electron chi connectivity index (χ2n) is 2.60. The van der Waals surface area contributed by atoms with Crippen LogP contribution in [0.4, 0.5) is 0 Å². The Morgan fingerprint density at radius 1 is 1.18 bits per heavy atom. The van der Waals surface area contributed by atoms with E-state index >= 15 is 0 Å². The summed E-state index contributed by atoms with van der Waals surface area (Å²) in [5.41, 5.74) is 11.2. The van der Waals surface area contributed by atoms with Crippen molar-refractivity contribution in [2.75, 3.05) is 6.54 Å². The first kappa shape index (κ1) is 13.8. The van der Waals surface area contributed by atoms with Crippen molar-refractivity contribution >= 4 is 24.8 Å². The molecule has 0 saturated carbocycles. The second kappa shape index (κ2) is 6.92. The Morgan fingerprint density at radius 3 is 2.09 bits per heavy atom. The number of hydrogen-bond donors (Lipinski definition) is 2. The lowest BCUT2D eigenvalue weighted by atomic mass is 9.90. The van der Waals surface area contributed by atoms with Gasteiger partial charge in [-0.1, -0.05) is 12.2 Å². The normalized spacial score (nSPS) is 28.5. The molecule has 1 aliphatic carbocycles. The van der Waals surface area contributed by atoms with Gasteiger partial charge < -0.3 is 11.5 Å². The smallest absolute Gasteiger partial charge is 0.0117 e. The molecule has 0 amide bonds. The van der Waals surface area contributed by atoms with Crippen molar-refractivity contribution in [3.8, 4) is 0 Å². The molecule has 68 valence electrons. The average Bonchev–Trinajstić information content (AvgIpc) is 1.89. The molecular formula is C7H16Cl2N2. The van der Waals surface area contributed by atoms with E-state index in [1.54, 1.807) is 0 Å². The van der Waals surface area contributed by atoms with E-state index in [2.05, 4.69) is 12.2 Å². The van der Waals surface area contributed by atoms with Crippen molar-refractivity contribution in [3.63, 3.8) is 0 Å². The third kappa shape index (κ3) is 3.97. The van der Waals surface area contributed by atoms with E-state index in [4.69, 9.17) is 11.5 Å². The molecule has 1 rings (SSSR count). The third-order valence-electron chi connectivity index (χ3n) is 1.92. The van der Waals surface area contributed by atoms with Crippen molar-refractivity contribution in [1.82, 2.24) is 0 Å². The highest BCUT2D eigenvalue weighted by Gasteiger charge is 2.15. The Balaban J connectivity index is 0. The highest BCUT2D eigenvalue weighted by Crippen LogP contribution is 2.15. The summed E-state index contributed by atoms with van der Waals surface area (Å²) in [7, 11) is 0. The zero-order valence-electron chi connectivity index (χ0n) is 6.40. The van der Waals surface area contributed by atoms with Crippen LogP contribution < -0.4 is 11.5 Å². The number of allylic oxidation sites excluding steroid dienone is 1. The minimum Gasteiger partial charge on any atom is -0.330 e. The predicted molar refractivity (Wildman–Crippen MR) is 53.4 cm³/mol. The molecule has 0 radical (unpaired) electrons. The van der Waals surface area contributed by atoms with Crippen molar-refractivity contribution in [1.29, 1.82) is 0 Å². The van der Waals surface area contributed by atoms with Gasteiger partial charge in [-0.2, -0.15) is 0 Å². The molecule has 0 aliphatic heterocycles. The van der Waals surface area contributed by atoms with E-state index in [0.717, 1.165) is 19.4 Å². The first-order valence-corrected chi connectivity index (χ1v) is 3.45. The maximum Gasteiger partial charge on any atom is 0.0117 e. The van der Waals surface area contributed by atoms with E-state index in [0.29, 0.717) is 12.0 Å². The molecule has 11 heavy (non-hydrogen) atoms. The summed E-state index contributed by atoms with van der Waals surface area (Å²) in [6, 6.07) is 0.306. The van der Waals surface area contributed by atoms with Gasteiger partial charge in [0.2, 0.25) is 0 Å². The Kier molecular flexibility index (Phi) is 8.68. The molecule has 0 aromatic heterocycles. The molecule has 0 heterocycles. The molecule has 0 fully saturated rings. The molecule has 0 bridgehead atoms. The van der Waals surface area contributed by atoms with E-state index in [1.807, 2.05) is 0 Å². The van der Waals surface area contributed by atoms with Crippen molar-refractivity contribution in [3.05, 3.63) is 12.2 Å². The van der Waals surface area contributed by atoms with Crippen molar-refractivity contribution < 1.29 is 0 Å². The summed E-state index contributed by atoms with van der Waals surface area (Å²) in [4.78, 5) is 0. The molecule has 4 heteroatoms. The molecule has 2 nitrogen and oxygen atoms in total. The van der Waals surface area contributed by atoms with Gasteiger partial charge >= 0.3 is 0 Å². The lowest BCUT2D eigenvalue weighted by Gasteiger charge is -2.22. The van der Waals surface area contributed by atoms with Gasteiger partial charge in [0.15, 0.2) is 0 Å². The monoisotopic (exact) mass is 198 g/mol. The van der Waals surface area contributed by atoms with Crippen LogP contribution in [0.3, 0.4) is 0 Å². The van der Waals surface area contributed by atoms with Crippen LogP contribution in [0.15, 0.2) is 12.2 Å². The molecule has 0 aromatic carbocycles. The molecule has 1 aliphatic rings. The topological polar surface area (TPSA) is 52.0 Å². The van der Waals surface area contributed by atoms with Crippen molar-refractivity contribution in [2.45, 2.75) is 18.9 Å². The average molecular weight is 199 g/mol. The summed E-state index contributed by atoms with van der Waals surface area (Å²) < 4.78 is 0. The van der Waals surface area contributed by atoms with E-state index in [9.17, 15) is 0 Å². The largest absolute Gasteiger partial charge is 0.330 e. The highest BCUT2D eigenvalue weighted by molar-refractivity contribution is 5.85. The molecule has 0 saturated heterocycles. The summed E-state index contributed by atoms with van der Waals surface area (Å²) in [5.74, 6) is 0.523. The molecule has 0 unspecified atom stereocenters. The maximum absolute atomic E-state index is 5.76. The number of nitrogens with two attached hydrogens (primary N) is 2. The van der Waals surface area contributed by atoms with Gasteiger partial charge in [0.25, 0.3) is 0 Å². The van der Waals surface area contributed by atoms with Crippen molar-refractivity contribution in [2.24, 2.45) is 17.4 Å². The minimum atomic E-state index is 0. The van der Waals surface area contributed by atoms with E-state index < -0.39 is 0 Å². The second-order valence-corrected chi connectivity index (χ2v) is 2.60. The number of rotatable bonds is 1. The first-order chi connectivity index (χ1) is 4.34. The zero-order chi connectivity index (χ0) is 6.69. The fourth-order valence-corrected chi connectivity index (χ4v) is 1.16. The summed E-state index contributed by atoms with van der Waals surface area (Å²) in [5, 5.41) is 0. The van der Waals surface area contributed by atoms with Gasteiger partial charge in [-0.05, 0) is 25.3 Å². The van der Waals surface area contributed by atoms with Gasteiger partial charge in [-0.25, -0.2) is 0 Å². The quantitative estimate of drug-likeness (QED) is 0.621. The zero-order valence-corrected chi connectivity index (χ0v) is 8.03. The molecule has 0 spiro atoms. The van der Waals surface area contributed by atoms with E-state index in [-0.39, 0.29) is 24.8 Å². The Morgan fingerprint density at radius 2 is 1.73 bits per heavy atom. The van der Waals surface area contributed by atoms with Crippen LogP contribution in [0.5, 0.6) is 0 Å². The van der Waals surface area contributed by atoms with Crippen LogP contribution in [0.2, 0.25) is 0 Å².